The van der Waals surface area contributed by atoms with E-state index in [9.17, 15) is 4.79 Å². The Morgan fingerprint density at radius 1 is 1.30 bits per heavy atom. The number of nitrogens with one attached hydrogen (secondary N) is 1. The van der Waals surface area contributed by atoms with Crippen molar-refractivity contribution in [2.24, 2.45) is 0 Å². The summed E-state index contributed by atoms with van der Waals surface area (Å²) in [5.74, 6) is 0.879. The number of para-hydroxylation sites is 1. The molecule has 0 aliphatic carbocycles. The molecule has 0 bridgehead atoms. The standard InChI is InChI=1S/C19H23N5O3/c1-13(18-23-20-12-24(18)9-6-10-26-2)21-19(25)15-11-17(27-3)22-16-8-5-4-7-14(15)16/h4-5,7-8,11-13H,6,9-10H2,1-3H3,(H,21,25). The van der Waals surface area contributed by atoms with Crippen molar-refractivity contribution in [2.45, 2.75) is 25.9 Å². The van der Waals surface area contributed by atoms with Gasteiger partial charge in [0.25, 0.3) is 5.91 Å². The summed E-state index contributed by atoms with van der Waals surface area (Å²) in [6.45, 7) is 3.26. The third-order valence-corrected chi connectivity index (χ3v) is 4.27. The lowest BCUT2D eigenvalue weighted by Crippen LogP contribution is -2.29. The fourth-order valence-corrected chi connectivity index (χ4v) is 2.93. The molecule has 0 radical (unpaired) electrons. The maximum Gasteiger partial charge on any atom is 0.252 e. The molecule has 0 aliphatic heterocycles. The van der Waals surface area contributed by atoms with Crippen molar-refractivity contribution in [1.29, 1.82) is 0 Å². The highest BCUT2D eigenvalue weighted by molar-refractivity contribution is 6.06. The summed E-state index contributed by atoms with van der Waals surface area (Å²) in [5, 5.41) is 11.9. The topological polar surface area (TPSA) is 91.2 Å². The number of rotatable bonds is 8. The van der Waals surface area contributed by atoms with E-state index in [1.165, 1.54) is 7.11 Å². The number of aryl methyl sites for hydroxylation is 1. The van der Waals surface area contributed by atoms with Crippen LogP contribution >= 0.6 is 0 Å². The molecule has 8 nitrogen and oxygen atoms in total. The van der Waals surface area contributed by atoms with Crippen molar-refractivity contribution in [3.05, 3.63) is 48.0 Å². The zero-order chi connectivity index (χ0) is 19.2. The number of hydrogen-bond acceptors (Lipinski definition) is 6. The summed E-state index contributed by atoms with van der Waals surface area (Å²) in [6.07, 6.45) is 2.51. The molecule has 3 aromatic rings. The number of amides is 1. The first-order valence-corrected chi connectivity index (χ1v) is 8.75. The van der Waals surface area contributed by atoms with Gasteiger partial charge in [0.1, 0.15) is 6.33 Å². The number of aromatic nitrogens is 4. The number of fused-ring (bicyclic) bond motifs is 1. The lowest BCUT2D eigenvalue weighted by molar-refractivity contribution is 0.0938. The molecule has 1 unspecified atom stereocenters. The molecular formula is C19H23N5O3. The molecule has 0 spiro atoms. The molecule has 1 aromatic carbocycles. The average Bonchev–Trinajstić information content (AvgIpc) is 3.16. The van der Waals surface area contributed by atoms with Gasteiger partial charge in [0, 0.05) is 31.7 Å². The van der Waals surface area contributed by atoms with Crippen LogP contribution in [0.3, 0.4) is 0 Å². The lowest BCUT2D eigenvalue weighted by atomic mass is 10.1. The highest BCUT2D eigenvalue weighted by Crippen LogP contribution is 2.22. The molecular weight excluding hydrogens is 346 g/mol. The first-order valence-electron chi connectivity index (χ1n) is 8.75. The Bertz CT molecular complexity index is 925. The second-order valence-electron chi connectivity index (χ2n) is 6.15. The molecule has 2 heterocycles. The molecule has 1 atom stereocenters. The number of ether oxygens (including phenoxy) is 2. The highest BCUT2D eigenvalue weighted by atomic mass is 16.5. The fraction of sp³-hybridized carbons (Fsp3) is 0.368. The van der Waals surface area contributed by atoms with Gasteiger partial charge >= 0.3 is 0 Å². The zero-order valence-corrected chi connectivity index (χ0v) is 15.7. The van der Waals surface area contributed by atoms with Crippen LogP contribution in [0, 0.1) is 0 Å². The van der Waals surface area contributed by atoms with E-state index in [-0.39, 0.29) is 11.9 Å². The Balaban J connectivity index is 1.82. The van der Waals surface area contributed by atoms with Gasteiger partial charge in [-0.3, -0.25) is 4.79 Å². The lowest BCUT2D eigenvalue weighted by Gasteiger charge is -2.16. The van der Waals surface area contributed by atoms with Gasteiger partial charge in [-0.1, -0.05) is 18.2 Å². The third-order valence-electron chi connectivity index (χ3n) is 4.27. The molecule has 8 heteroatoms. The molecule has 0 aliphatic rings. The Morgan fingerprint density at radius 2 is 2.11 bits per heavy atom. The Labute approximate surface area is 157 Å². The van der Waals surface area contributed by atoms with Gasteiger partial charge in [0.05, 0.1) is 24.2 Å². The summed E-state index contributed by atoms with van der Waals surface area (Å²) in [5.41, 5.74) is 1.21. The van der Waals surface area contributed by atoms with Crippen LogP contribution in [0.2, 0.25) is 0 Å². The van der Waals surface area contributed by atoms with Crippen LogP contribution in [-0.4, -0.2) is 46.5 Å². The van der Waals surface area contributed by atoms with Gasteiger partial charge in [0.2, 0.25) is 5.88 Å². The Morgan fingerprint density at radius 3 is 2.89 bits per heavy atom. The molecule has 1 N–H and O–H groups in total. The van der Waals surface area contributed by atoms with E-state index in [2.05, 4.69) is 20.5 Å². The van der Waals surface area contributed by atoms with E-state index in [4.69, 9.17) is 9.47 Å². The number of carbonyl (C=O) groups excluding carboxylic acids is 1. The fourth-order valence-electron chi connectivity index (χ4n) is 2.93. The quantitative estimate of drug-likeness (QED) is 0.613. The van der Waals surface area contributed by atoms with Gasteiger partial charge in [-0.15, -0.1) is 10.2 Å². The maximum atomic E-state index is 12.9. The van der Waals surface area contributed by atoms with Gasteiger partial charge in [-0.2, -0.15) is 0 Å². The molecule has 0 saturated heterocycles. The summed E-state index contributed by atoms with van der Waals surface area (Å²) in [6, 6.07) is 8.82. The van der Waals surface area contributed by atoms with Gasteiger partial charge < -0.3 is 19.4 Å². The third kappa shape index (κ3) is 4.22. The summed E-state index contributed by atoms with van der Waals surface area (Å²) >= 11 is 0. The second kappa shape index (κ2) is 8.59. The number of nitrogens with zero attached hydrogens (tertiary/aromatic N) is 4. The van der Waals surface area contributed by atoms with Crippen molar-refractivity contribution in [2.75, 3.05) is 20.8 Å². The number of carbonyl (C=O) groups is 1. The van der Waals surface area contributed by atoms with Crippen LogP contribution in [0.25, 0.3) is 10.9 Å². The Hall–Kier alpha value is -3.00. The predicted molar refractivity (Wildman–Crippen MR) is 101 cm³/mol. The molecule has 0 fully saturated rings. The van der Waals surface area contributed by atoms with Gasteiger partial charge in [0.15, 0.2) is 5.82 Å². The van der Waals surface area contributed by atoms with E-state index in [1.807, 2.05) is 35.8 Å². The minimum atomic E-state index is -0.305. The maximum absolute atomic E-state index is 12.9. The van der Waals surface area contributed by atoms with E-state index in [1.54, 1.807) is 19.5 Å². The normalized spacial score (nSPS) is 12.1. The van der Waals surface area contributed by atoms with Crippen molar-refractivity contribution in [3.8, 4) is 5.88 Å². The molecule has 1 amide bonds. The van der Waals surface area contributed by atoms with Crippen LogP contribution in [0.5, 0.6) is 5.88 Å². The summed E-state index contributed by atoms with van der Waals surface area (Å²) < 4.78 is 12.2. The van der Waals surface area contributed by atoms with E-state index in [0.717, 1.165) is 18.4 Å². The van der Waals surface area contributed by atoms with Crippen molar-refractivity contribution in [1.82, 2.24) is 25.1 Å². The van der Waals surface area contributed by atoms with Crippen LogP contribution < -0.4 is 10.1 Å². The van der Waals surface area contributed by atoms with Gasteiger partial charge in [-0.25, -0.2) is 4.98 Å². The van der Waals surface area contributed by atoms with Crippen LogP contribution in [-0.2, 0) is 11.3 Å². The van der Waals surface area contributed by atoms with Crippen molar-refractivity contribution < 1.29 is 14.3 Å². The van der Waals surface area contributed by atoms with E-state index >= 15 is 0 Å². The average molecular weight is 369 g/mol. The summed E-state index contributed by atoms with van der Waals surface area (Å²) in [7, 11) is 3.20. The number of pyridine rings is 1. The summed E-state index contributed by atoms with van der Waals surface area (Å²) in [4.78, 5) is 17.3. The van der Waals surface area contributed by atoms with E-state index < -0.39 is 0 Å². The molecule has 0 saturated carbocycles. The SMILES string of the molecule is COCCCn1cnnc1C(C)NC(=O)c1cc(OC)nc2ccccc12. The number of methoxy groups -OCH3 is 2. The van der Waals surface area contributed by atoms with Crippen LogP contribution in [0.4, 0.5) is 0 Å². The van der Waals surface area contributed by atoms with Crippen molar-refractivity contribution in [3.63, 3.8) is 0 Å². The minimum absolute atomic E-state index is 0.217. The first kappa shape index (κ1) is 18.8. The van der Waals surface area contributed by atoms with Gasteiger partial charge in [-0.05, 0) is 19.4 Å². The Kier molecular flexibility index (Phi) is 5.97. The molecule has 2 aromatic heterocycles. The first-order chi connectivity index (χ1) is 13.1. The van der Waals surface area contributed by atoms with Crippen molar-refractivity contribution >= 4 is 16.8 Å². The molecule has 3 rings (SSSR count). The van der Waals surface area contributed by atoms with Crippen LogP contribution in [0.1, 0.15) is 35.6 Å². The monoisotopic (exact) mass is 369 g/mol. The predicted octanol–water partition coefficient (Wildman–Crippen LogP) is 2.36. The van der Waals surface area contributed by atoms with Crippen LogP contribution in [0.15, 0.2) is 36.7 Å². The second-order valence-corrected chi connectivity index (χ2v) is 6.15. The molecule has 27 heavy (non-hydrogen) atoms. The molecule has 142 valence electrons. The number of benzene rings is 1. The largest absolute Gasteiger partial charge is 0.481 e. The highest BCUT2D eigenvalue weighted by Gasteiger charge is 2.19. The number of hydrogen-bond donors (Lipinski definition) is 1. The zero-order valence-electron chi connectivity index (χ0n) is 15.7. The van der Waals surface area contributed by atoms with E-state index in [0.29, 0.717) is 29.4 Å². The minimum Gasteiger partial charge on any atom is -0.481 e. The smallest absolute Gasteiger partial charge is 0.252 e.